The van der Waals surface area contributed by atoms with Crippen LogP contribution in [0, 0.1) is 11.3 Å². The van der Waals surface area contributed by atoms with Gasteiger partial charge in [-0.3, -0.25) is 9.59 Å². The lowest BCUT2D eigenvalue weighted by atomic mass is 10.2. The summed E-state index contributed by atoms with van der Waals surface area (Å²) < 4.78 is 1.18. The smallest absolute Gasteiger partial charge is 0.237 e. The summed E-state index contributed by atoms with van der Waals surface area (Å²) in [7, 11) is 0. The Morgan fingerprint density at radius 3 is 2.73 bits per heavy atom. The number of nitrogens with one attached hydrogen (secondary N) is 1. The minimum atomic E-state index is -0.298. The lowest BCUT2D eigenvalue weighted by molar-refractivity contribution is -0.132. The Bertz CT molecular complexity index is 913. The molecular formula is C21H26N6O2S. The fraction of sp³-hybridized carbons (Fsp3) is 0.524. The molecule has 0 radical (unpaired) electrons. The standard InChI is InChI=1S/C21H26N6O2S/c22-14-16-4-3-9-27(16)20(29)15-23-8-7-19(28)25-10-12-26(13-11-25)21-24-17-5-1-2-6-18(17)30-21/h1-2,5-6,16,23H,3-4,7-13,15H2/t16-/m0/s1. The van der Waals surface area contributed by atoms with E-state index in [0.717, 1.165) is 36.6 Å². The lowest BCUT2D eigenvalue weighted by Gasteiger charge is -2.34. The highest BCUT2D eigenvalue weighted by molar-refractivity contribution is 7.22. The maximum Gasteiger partial charge on any atom is 0.237 e. The molecule has 8 nitrogen and oxygen atoms in total. The number of anilines is 1. The van der Waals surface area contributed by atoms with Crippen molar-refractivity contribution in [2.24, 2.45) is 0 Å². The Hall–Kier alpha value is -2.70. The van der Waals surface area contributed by atoms with Crippen molar-refractivity contribution in [2.45, 2.75) is 25.3 Å². The van der Waals surface area contributed by atoms with E-state index >= 15 is 0 Å². The molecule has 1 N–H and O–H groups in total. The van der Waals surface area contributed by atoms with Crippen LogP contribution < -0.4 is 10.2 Å². The van der Waals surface area contributed by atoms with E-state index in [1.54, 1.807) is 16.2 Å². The van der Waals surface area contributed by atoms with Crippen molar-refractivity contribution in [3.63, 3.8) is 0 Å². The maximum atomic E-state index is 12.5. The average Bonchev–Trinajstić information content (AvgIpc) is 3.43. The first-order valence-electron chi connectivity index (χ1n) is 10.4. The molecule has 2 aliphatic rings. The Labute approximate surface area is 180 Å². The van der Waals surface area contributed by atoms with Gasteiger partial charge in [-0.25, -0.2) is 4.98 Å². The molecule has 1 atom stereocenters. The predicted molar refractivity (Wildman–Crippen MR) is 116 cm³/mol. The number of nitrogens with zero attached hydrogens (tertiary/aromatic N) is 5. The van der Waals surface area contributed by atoms with Gasteiger partial charge in [-0.2, -0.15) is 5.26 Å². The molecule has 2 fully saturated rings. The van der Waals surface area contributed by atoms with Crippen molar-refractivity contribution in [3.05, 3.63) is 24.3 Å². The van der Waals surface area contributed by atoms with Crippen molar-refractivity contribution < 1.29 is 9.59 Å². The quantitative estimate of drug-likeness (QED) is 0.703. The number of benzene rings is 1. The number of aromatic nitrogens is 1. The van der Waals surface area contributed by atoms with Crippen LogP contribution in [-0.2, 0) is 9.59 Å². The normalized spacial score (nSPS) is 19.3. The fourth-order valence-corrected chi connectivity index (χ4v) is 5.01. The first-order chi connectivity index (χ1) is 14.7. The number of rotatable bonds is 6. The second-order valence-electron chi connectivity index (χ2n) is 7.63. The van der Waals surface area contributed by atoms with Gasteiger partial charge >= 0.3 is 0 Å². The van der Waals surface area contributed by atoms with Crippen LogP contribution in [0.4, 0.5) is 5.13 Å². The fourth-order valence-electron chi connectivity index (χ4n) is 3.99. The molecular weight excluding hydrogens is 400 g/mol. The molecule has 158 valence electrons. The third-order valence-corrected chi connectivity index (χ3v) is 6.80. The number of thiazole rings is 1. The van der Waals surface area contributed by atoms with Crippen molar-refractivity contribution in [3.8, 4) is 6.07 Å². The number of para-hydroxylation sites is 1. The summed E-state index contributed by atoms with van der Waals surface area (Å²) in [5.74, 6) is 0.0471. The predicted octanol–water partition coefficient (Wildman–Crippen LogP) is 1.44. The summed E-state index contributed by atoms with van der Waals surface area (Å²) in [5.41, 5.74) is 1.02. The Morgan fingerprint density at radius 2 is 1.97 bits per heavy atom. The summed E-state index contributed by atoms with van der Waals surface area (Å²) in [6, 6.07) is 10.0. The molecule has 0 aliphatic carbocycles. The summed E-state index contributed by atoms with van der Waals surface area (Å²) in [4.78, 5) is 35.2. The van der Waals surface area contributed by atoms with E-state index in [9.17, 15) is 9.59 Å². The molecule has 9 heteroatoms. The Kier molecular flexibility index (Phi) is 6.45. The number of piperazine rings is 1. The largest absolute Gasteiger partial charge is 0.345 e. The van der Waals surface area contributed by atoms with Gasteiger partial charge in [-0.1, -0.05) is 23.5 Å². The minimum absolute atomic E-state index is 0.0593. The van der Waals surface area contributed by atoms with Crippen LogP contribution in [-0.4, -0.2) is 78.5 Å². The number of carbonyl (C=O) groups excluding carboxylic acids is 2. The minimum Gasteiger partial charge on any atom is -0.345 e. The molecule has 3 heterocycles. The molecule has 0 unspecified atom stereocenters. The van der Waals surface area contributed by atoms with Crippen molar-refractivity contribution in [1.29, 1.82) is 5.26 Å². The number of nitriles is 1. The van der Waals surface area contributed by atoms with Crippen molar-refractivity contribution in [2.75, 3.05) is 50.7 Å². The van der Waals surface area contributed by atoms with Crippen LogP contribution in [0.5, 0.6) is 0 Å². The molecule has 4 rings (SSSR count). The van der Waals surface area contributed by atoms with Crippen LogP contribution in [0.2, 0.25) is 0 Å². The summed E-state index contributed by atoms with van der Waals surface area (Å²) in [6.07, 6.45) is 2.01. The van der Waals surface area contributed by atoms with Gasteiger partial charge in [0, 0.05) is 45.7 Å². The van der Waals surface area contributed by atoms with E-state index in [0.29, 0.717) is 32.6 Å². The summed E-state index contributed by atoms with van der Waals surface area (Å²) in [5, 5.41) is 13.2. The van der Waals surface area contributed by atoms with Crippen molar-refractivity contribution in [1.82, 2.24) is 20.1 Å². The Balaban J connectivity index is 1.17. The molecule has 2 aromatic rings. The van der Waals surface area contributed by atoms with Crippen molar-refractivity contribution >= 4 is 38.5 Å². The molecule has 2 saturated heterocycles. The third kappa shape index (κ3) is 4.55. The van der Waals surface area contributed by atoms with Crippen LogP contribution in [0.1, 0.15) is 19.3 Å². The zero-order valence-corrected chi connectivity index (χ0v) is 17.7. The van der Waals surface area contributed by atoms with Crippen LogP contribution in [0.15, 0.2) is 24.3 Å². The number of fused-ring (bicyclic) bond motifs is 1. The highest BCUT2D eigenvalue weighted by atomic mass is 32.1. The van der Waals surface area contributed by atoms with E-state index in [2.05, 4.69) is 22.4 Å². The second kappa shape index (κ2) is 9.41. The summed E-state index contributed by atoms with van der Waals surface area (Å²) in [6.45, 7) is 4.22. The van der Waals surface area contributed by atoms with Gasteiger partial charge in [-0.05, 0) is 25.0 Å². The topological polar surface area (TPSA) is 92.6 Å². The van der Waals surface area contributed by atoms with Crippen LogP contribution in [0.25, 0.3) is 10.2 Å². The maximum absolute atomic E-state index is 12.5. The van der Waals surface area contributed by atoms with Gasteiger partial charge in [0.05, 0.1) is 22.8 Å². The van der Waals surface area contributed by atoms with E-state index in [-0.39, 0.29) is 24.4 Å². The first kappa shape index (κ1) is 20.6. The zero-order valence-electron chi connectivity index (χ0n) is 16.9. The summed E-state index contributed by atoms with van der Waals surface area (Å²) >= 11 is 1.69. The van der Waals surface area contributed by atoms with Gasteiger partial charge in [0.25, 0.3) is 0 Å². The van der Waals surface area contributed by atoms with Gasteiger partial charge in [0.15, 0.2) is 5.13 Å². The highest BCUT2D eigenvalue weighted by Gasteiger charge is 2.28. The molecule has 0 saturated carbocycles. The number of hydrogen-bond acceptors (Lipinski definition) is 7. The number of amides is 2. The molecule has 30 heavy (non-hydrogen) atoms. The second-order valence-corrected chi connectivity index (χ2v) is 8.64. The lowest BCUT2D eigenvalue weighted by Crippen LogP contribution is -2.49. The average molecular weight is 427 g/mol. The number of likely N-dealkylation sites (tertiary alicyclic amines) is 1. The van der Waals surface area contributed by atoms with Crippen LogP contribution in [0.3, 0.4) is 0 Å². The van der Waals surface area contributed by atoms with E-state index in [1.165, 1.54) is 4.70 Å². The molecule has 2 aliphatic heterocycles. The van der Waals surface area contributed by atoms with E-state index < -0.39 is 0 Å². The number of carbonyl (C=O) groups is 2. The number of hydrogen-bond donors (Lipinski definition) is 1. The van der Waals surface area contributed by atoms with Gasteiger partial charge in [-0.15, -0.1) is 0 Å². The molecule has 1 aromatic heterocycles. The zero-order chi connectivity index (χ0) is 20.9. The molecule has 0 spiro atoms. The first-order valence-corrected chi connectivity index (χ1v) is 11.3. The van der Waals surface area contributed by atoms with Gasteiger partial charge in [0.1, 0.15) is 6.04 Å². The molecule has 0 bridgehead atoms. The monoisotopic (exact) mass is 426 g/mol. The molecule has 2 amide bonds. The van der Waals surface area contributed by atoms with Gasteiger partial charge < -0.3 is 20.0 Å². The highest BCUT2D eigenvalue weighted by Crippen LogP contribution is 2.29. The molecule has 1 aromatic carbocycles. The third-order valence-electron chi connectivity index (χ3n) is 5.70. The SMILES string of the molecule is N#C[C@@H]1CCCN1C(=O)CNCCC(=O)N1CCN(c2nc3ccccc3s2)CC1. The van der Waals surface area contributed by atoms with E-state index in [1.807, 2.05) is 23.1 Å². The Morgan fingerprint density at radius 1 is 1.17 bits per heavy atom. The van der Waals surface area contributed by atoms with Gasteiger partial charge in [0.2, 0.25) is 11.8 Å². The van der Waals surface area contributed by atoms with Crippen LogP contribution >= 0.6 is 11.3 Å². The van der Waals surface area contributed by atoms with E-state index in [4.69, 9.17) is 10.2 Å².